The second-order valence-corrected chi connectivity index (χ2v) is 5.08. The summed E-state index contributed by atoms with van der Waals surface area (Å²) >= 11 is 0. The number of nitrogens with zero attached hydrogens (tertiary/aromatic N) is 1. The van der Waals surface area contributed by atoms with E-state index in [1.807, 2.05) is 37.3 Å². The lowest BCUT2D eigenvalue weighted by Crippen LogP contribution is -1.97. The number of hydrogen-bond donors (Lipinski definition) is 1. The Morgan fingerprint density at radius 3 is 2.45 bits per heavy atom. The van der Waals surface area contributed by atoms with Crippen molar-refractivity contribution in [2.45, 2.75) is 26.9 Å². The zero-order valence-corrected chi connectivity index (χ0v) is 12.9. The van der Waals surface area contributed by atoms with E-state index in [2.05, 4.69) is 29.0 Å². The number of aryl methyl sites for hydroxylation is 1. The van der Waals surface area contributed by atoms with Crippen molar-refractivity contribution in [2.75, 3.05) is 6.61 Å². The number of aromatic nitrogens is 2. The lowest BCUT2D eigenvalue weighted by atomic mass is 10.2. The fourth-order valence-electron chi connectivity index (χ4n) is 2.34. The highest BCUT2D eigenvalue weighted by molar-refractivity contribution is 5.76. The molecule has 0 radical (unpaired) electrons. The fraction of sp³-hybridized carbons (Fsp3) is 0.278. The highest BCUT2D eigenvalue weighted by atomic mass is 16.5. The Hall–Kier alpha value is -2.49. The molecule has 0 saturated carbocycles. The second-order valence-electron chi connectivity index (χ2n) is 5.08. The van der Waals surface area contributed by atoms with E-state index < -0.39 is 0 Å². The molecule has 0 saturated heterocycles. The van der Waals surface area contributed by atoms with Gasteiger partial charge in [0.2, 0.25) is 0 Å². The van der Waals surface area contributed by atoms with Crippen LogP contribution in [0.5, 0.6) is 11.5 Å². The SMILES string of the molecule is CCOc1ccc2nc(COc3ccc(CC)cc3)[nH]c2c1. The summed E-state index contributed by atoms with van der Waals surface area (Å²) in [4.78, 5) is 7.80. The van der Waals surface area contributed by atoms with Gasteiger partial charge in [-0.2, -0.15) is 0 Å². The van der Waals surface area contributed by atoms with Gasteiger partial charge in [0.05, 0.1) is 17.6 Å². The van der Waals surface area contributed by atoms with Gasteiger partial charge >= 0.3 is 0 Å². The number of hydrogen-bond acceptors (Lipinski definition) is 3. The van der Waals surface area contributed by atoms with Crippen LogP contribution in [0, 0.1) is 0 Å². The summed E-state index contributed by atoms with van der Waals surface area (Å²) in [5, 5.41) is 0. The third-order valence-corrected chi connectivity index (χ3v) is 3.52. The highest BCUT2D eigenvalue weighted by Crippen LogP contribution is 2.20. The first-order valence-electron chi connectivity index (χ1n) is 7.61. The Balaban J connectivity index is 1.70. The van der Waals surface area contributed by atoms with E-state index in [4.69, 9.17) is 9.47 Å². The van der Waals surface area contributed by atoms with Crippen LogP contribution in [0.1, 0.15) is 25.2 Å². The van der Waals surface area contributed by atoms with Crippen molar-refractivity contribution in [3.8, 4) is 11.5 Å². The Labute approximate surface area is 130 Å². The predicted molar refractivity (Wildman–Crippen MR) is 87.4 cm³/mol. The number of aromatic amines is 1. The quantitative estimate of drug-likeness (QED) is 0.745. The molecule has 0 amide bonds. The van der Waals surface area contributed by atoms with Crippen LogP contribution >= 0.6 is 0 Å². The molecule has 0 aliphatic rings. The lowest BCUT2D eigenvalue weighted by molar-refractivity contribution is 0.297. The summed E-state index contributed by atoms with van der Waals surface area (Å²) in [5.74, 6) is 2.51. The van der Waals surface area contributed by atoms with Crippen molar-refractivity contribution in [2.24, 2.45) is 0 Å². The van der Waals surface area contributed by atoms with E-state index in [-0.39, 0.29) is 0 Å². The van der Waals surface area contributed by atoms with Crippen molar-refractivity contribution in [3.63, 3.8) is 0 Å². The molecule has 0 aliphatic heterocycles. The molecule has 0 fully saturated rings. The Kier molecular flexibility index (Phi) is 4.28. The molecule has 0 unspecified atom stereocenters. The number of ether oxygens (including phenoxy) is 2. The Bertz CT molecular complexity index is 747. The summed E-state index contributed by atoms with van der Waals surface area (Å²) in [5.41, 5.74) is 3.19. The van der Waals surface area contributed by atoms with Crippen molar-refractivity contribution in [1.29, 1.82) is 0 Å². The topological polar surface area (TPSA) is 47.1 Å². The molecule has 1 N–H and O–H groups in total. The fourth-order valence-corrected chi connectivity index (χ4v) is 2.34. The molecule has 1 heterocycles. The van der Waals surface area contributed by atoms with E-state index in [1.54, 1.807) is 0 Å². The van der Waals surface area contributed by atoms with Gasteiger partial charge in [-0.1, -0.05) is 19.1 Å². The van der Waals surface area contributed by atoms with E-state index in [0.29, 0.717) is 13.2 Å². The minimum atomic E-state index is 0.421. The first-order valence-corrected chi connectivity index (χ1v) is 7.61. The Morgan fingerprint density at radius 1 is 0.955 bits per heavy atom. The summed E-state index contributed by atoms with van der Waals surface area (Å²) in [6, 6.07) is 14.0. The number of H-pyrrole nitrogens is 1. The van der Waals surface area contributed by atoms with Crippen molar-refractivity contribution < 1.29 is 9.47 Å². The number of rotatable bonds is 6. The zero-order chi connectivity index (χ0) is 15.4. The molecular formula is C18H20N2O2. The Morgan fingerprint density at radius 2 is 1.73 bits per heavy atom. The van der Waals surface area contributed by atoms with Crippen molar-refractivity contribution >= 4 is 11.0 Å². The van der Waals surface area contributed by atoms with Gasteiger partial charge < -0.3 is 14.5 Å². The van der Waals surface area contributed by atoms with Gasteiger partial charge in [-0.15, -0.1) is 0 Å². The summed E-state index contributed by atoms with van der Waals surface area (Å²) in [6.45, 7) is 5.19. The minimum absolute atomic E-state index is 0.421. The zero-order valence-electron chi connectivity index (χ0n) is 12.9. The van der Waals surface area contributed by atoms with E-state index in [0.717, 1.165) is 34.8 Å². The maximum absolute atomic E-state index is 5.77. The molecule has 22 heavy (non-hydrogen) atoms. The molecule has 1 aromatic heterocycles. The first kappa shape index (κ1) is 14.4. The van der Waals surface area contributed by atoms with E-state index in [9.17, 15) is 0 Å². The highest BCUT2D eigenvalue weighted by Gasteiger charge is 2.05. The molecule has 0 atom stereocenters. The van der Waals surface area contributed by atoms with E-state index >= 15 is 0 Å². The van der Waals surface area contributed by atoms with Crippen LogP contribution in [0.4, 0.5) is 0 Å². The van der Waals surface area contributed by atoms with Crippen molar-refractivity contribution in [1.82, 2.24) is 9.97 Å². The normalized spacial score (nSPS) is 10.8. The van der Waals surface area contributed by atoms with Crippen LogP contribution in [0.15, 0.2) is 42.5 Å². The number of nitrogens with one attached hydrogen (secondary N) is 1. The second kappa shape index (κ2) is 6.52. The molecule has 0 spiro atoms. The van der Waals surface area contributed by atoms with Gasteiger partial charge in [-0.05, 0) is 43.2 Å². The molecule has 0 bridgehead atoms. The lowest BCUT2D eigenvalue weighted by Gasteiger charge is -2.04. The molecule has 0 aliphatic carbocycles. The summed E-state index contributed by atoms with van der Waals surface area (Å²) in [6.07, 6.45) is 1.03. The smallest absolute Gasteiger partial charge is 0.146 e. The van der Waals surface area contributed by atoms with Crippen LogP contribution in [-0.4, -0.2) is 16.6 Å². The van der Waals surface area contributed by atoms with Gasteiger partial charge in [-0.25, -0.2) is 4.98 Å². The van der Waals surface area contributed by atoms with Gasteiger partial charge in [0, 0.05) is 6.07 Å². The van der Waals surface area contributed by atoms with Gasteiger partial charge in [0.1, 0.15) is 23.9 Å². The molecule has 3 aromatic rings. The monoisotopic (exact) mass is 296 g/mol. The maximum atomic E-state index is 5.77. The third-order valence-electron chi connectivity index (χ3n) is 3.52. The predicted octanol–water partition coefficient (Wildman–Crippen LogP) is 4.10. The average Bonchev–Trinajstić information content (AvgIpc) is 2.96. The number of fused-ring (bicyclic) bond motifs is 1. The van der Waals surface area contributed by atoms with Gasteiger partial charge in [0.25, 0.3) is 0 Å². The molecule has 2 aromatic carbocycles. The molecule has 114 valence electrons. The van der Waals surface area contributed by atoms with Crippen LogP contribution in [-0.2, 0) is 13.0 Å². The van der Waals surface area contributed by atoms with Crippen molar-refractivity contribution in [3.05, 3.63) is 53.9 Å². The average molecular weight is 296 g/mol. The molecule has 3 rings (SSSR count). The van der Waals surface area contributed by atoms with Crippen LogP contribution in [0.2, 0.25) is 0 Å². The van der Waals surface area contributed by atoms with Gasteiger partial charge in [-0.3, -0.25) is 0 Å². The van der Waals surface area contributed by atoms with E-state index in [1.165, 1.54) is 5.56 Å². The minimum Gasteiger partial charge on any atom is -0.494 e. The van der Waals surface area contributed by atoms with Gasteiger partial charge in [0.15, 0.2) is 0 Å². The van der Waals surface area contributed by atoms with Crippen LogP contribution < -0.4 is 9.47 Å². The molecular weight excluding hydrogens is 276 g/mol. The number of benzene rings is 2. The standard InChI is InChI=1S/C18H20N2O2/c1-3-13-5-7-14(8-6-13)22-12-18-19-16-10-9-15(21-4-2)11-17(16)20-18/h5-11H,3-4,12H2,1-2H3,(H,19,20). The van der Waals surface area contributed by atoms with Crippen LogP contribution in [0.25, 0.3) is 11.0 Å². The molecule has 4 heteroatoms. The largest absolute Gasteiger partial charge is 0.494 e. The summed E-state index contributed by atoms with van der Waals surface area (Å²) < 4.78 is 11.3. The third kappa shape index (κ3) is 3.22. The maximum Gasteiger partial charge on any atom is 0.146 e. The first-order chi connectivity index (χ1) is 10.8. The van der Waals surface area contributed by atoms with Crippen LogP contribution in [0.3, 0.4) is 0 Å². The number of imidazole rings is 1. The summed E-state index contributed by atoms with van der Waals surface area (Å²) in [7, 11) is 0. The molecule has 4 nitrogen and oxygen atoms in total.